The first-order valence-corrected chi connectivity index (χ1v) is 6.38. The van der Waals surface area contributed by atoms with E-state index in [1.165, 1.54) is 6.07 Å². The summed E-state index contributed by atoms with van der Waals surface area (Å²) in [5.41, 5.74) is 5.94. The summed E-state index contributed by atoms with van der Waals surface area (Å²) < 4.78 is 43.5. The molecule has 0 spiro atoms. The molecule has 2 N–H and O–H groups in total. The molecule has 6 heteroatoms. The zero-order chi connectivity index (χ0) is 15.2. The SMILES string of the molecule is Nc1cc(C(F)(F)F)ccc1-c1cc2cc(Cl)ccc2o1. The number of anilines is 1. The lowest BCUT2D eigenvalue weighted by Gasteiger charge is -2.09. The van der Waals surface area contributed by atoms with Crippen LogP contribution >= 0.6 is 11.6 Å². The molecule has 0 fully saturated rings. The maximum atomic E-state index is 12.6. The van der Waals surface area contributed by atoms with Crippen molar-refractivity contribution >= 4 is 28.3 Å². The van der Waals surface area contributed by atoms with Gasteiger partial charge < -0.3 is 10.2 Å². The first kappa shape index (κ1) is 13.8. The molecular weight excluding hydrogens is 303 g/mol. The van der Waals surface area contributed by atoms with Crippen molar-refractivity contribution in [3.05, 3.63) is 53.1 Å². The topological polar surface area (TPSA) is 39.2 Å². The fourth-order valence-corrected chi connectivity index (χ4v) is 2.29. The first-order valence-electron chi connectivity index (χ1n) is 6.01. The molecule has 0 radical (unpaired) electrons. The van der Waals surface area contributed by atoms with Crippen molar-refractivity contribution in [1.82, 2.24) is 0 Å². The van der Waals surface area contributed by atoms with Crippen molar-refractivity contribution in [2.24, 2.45) is 0 Å². The quantitative estimate of drug-likeness (QED) is 0.615. The average Bonchev–Trinajstić information content (AvgIpc) is 2.80. The van der Waals surface area contributed by atoms with Gasteiger partial charge >= 0.3 is 6.18 Å². The number of hydrogen-bond donors (Lipinski definition) is 1. The van der Waals surface area contributed by atoms with Crippen LogP contribution in [0.2, 0.25) is 5.02 Å². The van der Waals surface area contributed by atoms with Crippen molar-refractivity contribution in [1.29, 1.82) is 0 Å². The summed E-state index contributed by atoms with van der Waals surface area (Å²) in [6.07, 6.45) is -4.42. The van der Waals surface area contributed by atoms with Gasteiger partial charge in [-0.2, -0.15) is 13.2 Å². The molecule has 0 saturated heterocycles. The third-order valence-corrected chi connectivity index (χ3v) is 3.36. The highest BCUT2D eigenvalue weighted by molar-refractivity contribution is 6.31. The molecule has 0 aliphatic heterocycles. The summed E-state index contributed by atoms with van der Waals surface area (Å²) in [6.45, 7) is 0. The average molecular weight is 312 g/mol. The van der Waals surface area contributed by atoms with Gasteiger partial charge in [0.15, 0.2) is 0 Å². The van der Waals surface area contributed by atoms with Gasteiger partial charge in [-0.25, -0.2) is 0 Å². The number of halogens is 4. The van der Waals surface area contributed by atoms with Crippen molar-refractivity contribution in [3.63, 3.8) is 0 Å². The van der Waals surface area contributed by atoms with Crippen LogP contribution in [0.25, 0.3) is 22.3 Å². The molecule has 0 unspecified atom stereocenters. The highest BCUT2D eigenvalue weighted by Gasteiger charge is 2.31. The summed E-state index contributed by atoms with van der Waals surface area (Å²) >= 11 is 5.88. The molecule has 0 aliphatic rings. The maximum absolute atomic E-state index is 12.6. The van der Waals surface area contributed by atoms with Gasteiger partial charge in [-0.15, -0.1) is 0 Å². The highest BCUT2D eigenvalue weighted by Crippen LogP contribution is 2.36. The molecular formula is C15H9ClF3NO. The van der Waals surface area contributed by atoms with Crippen LogP contribution < -0.4 is 5.73 Å². The van der Waals surface area contributed by atoms with E-state index in [1.54, 1.807) is 24.3 Å². The van der Waals surface area contributed by atoms with E-state index in [0.717, 1.165) is 17.5 Å². The number of alkyl halides is 3. The van der Waals surface area contributed by atoms with Crippen molar-refractivity contribution in [3.8, 4) is 11.3 Å². The van der Waals surface area contributed by atoms with E-state index in [-0.39, 0.29) is 5.69 Å². The van der Waals surface area contributed by atoms with Gasteiger partial charge in [0.1, 0.15) is 11.3 Å². The molecule has 1 aromatic heterocycles. The number of nitrogen functional groups attached to an aromatic ring is 1. The van der Waals surface area contributed by atoms with Gasteiger partial charge in [-0.05, 0) is 42.5 Å². The molecule has 21 heavy (non-hydrogen) atoms. The summed E-state index contributed by atoms with van der Waals surface area (Å²) in [4.78, 5) is 0. The Labute approximate surface area is 122 Å². The monoisotopic (exact) mass is 311 g/mol. The van der Waals surface area contributed by atoms with Crippen LogP contribution in [0.1, 0.15) is 5.56 Å². The molecule has 0 saturated carbocycles. The number of fused-ring (bicyclic) bond motifs is 1. The molecule has 2 nitrogen and oxygen atoms in total. The van der Waals surface area contributed by atoms with Crippen LogP contribution in [0.4, 0.5) is 18.9 Å². The molecule has 0 bridgehead atoms. The molecule has 108 valence electrons. The molecule has 3 aromatic rings. The third kappa shape index (κ3) is 2.56. The smallest absolute Gasteiger partial charge is 0.416 e. The standard InChI is InChI=1S/C15H9ClF3NO/c16-10-2-4-13-8(5-10)6-14(21-13)11-3-1-9(7-12(11)20)15(17,18)19/h1-7H,20H2. The van der Waals surface area contributed by atoms with Crippen LogP contribution in [0.15, 0.2) is 46.9 Å². The van der Waals surface area contributed by atoms with Crippen molar-refractivity contribution in [2.75, 3.05) is 5.73 Å². The van der Waals surface area contributed by atoms with Crippen molar-refractivity contribution < 1.29 is 17.6 Å². The van der Waals surface area contributed by atoms with E-state index >= 15 is 0 Å². The lowest BCUT2D eigenvalue weighted by Crippen LogP contribution is -2.05. The van der Waals surface area contributed by atoms with Gasteiger partial charge in [-0.1, -0.05) is 11.6 Å². The largest absolute Gasteiger partial charge is 0.456 e. The van der Waals surface area contributed by atoms with E-state index in [1.807, 2.05) is 0 Å². The minimum atomic E-state index is -4.42. The Morgan fingerprint density at radius 3 is 2.43 bits per heavy atom. The molecule has 0 aliphatic carbocycles. The van der Waals surface area contributed by atoms with Gasteiger partial charge in [0.05, 0.1) is 5.56 Å². The van der Waals surface area contributed by atoms with Gasteiger partial charge in [0.25, 0.3) is 0 Å². The van der Waals surface area contributed by atoms with Crippen LogP contribution in [0.3, 0.4) is 0 Å². The second-order valence-electron chi connectivity index (χ2n) is 4.59. The number of nitrogens with two attached hydrogens (primary N) is 1. The zero-order valence-electron chi connectivity index (χ0n) is 10.5. The first-order chi connectivity index (χ1) is 9.84. The van der Waals surface area contributed by atoms with Crippen LogP contribution in [0, 0.1) is 0 Å². The minimum Gasteiger partial charge on any atom is -0.456 e. The second kappa shape index (κ2) is 4.70. The summed E-state index contributed by atoms with van der Waals surface area (Å²) in [6, 6.07) is 9.96. The lowest BCUT2D eigenvalue weighted by atomic mass is 10.1. The summed E-state index contributed by atoms with van der Waals surface area (Å²) in [7, 11) is 0. The Balaban J connectivity index is 2.10. The molecule has 3 rings (SSSR count). The molecule has 0 amide bonds. The predicted octanol–water partition coefficient (Wildman–Crippen LogP) is 5.35. The summed E-state index contributed by atoms with van der Waals surface area (Å²) in [5, 5.41) is 1.31. The zero-order valence-corrected chi connectivity index (χ0v) is 11.3. The van der Waals surface area contributed by atoms with E-state index in [2.05, 4.69) is 0 Å². The molecule has 2 aromatic carbocycles. The normalized spacial score (nSPS) is 12.0. The third-order valence-electron chi connectivity index (χ3n) is 3.12. The van der Waals surface area contributed by atoms with Gasteiger partial charge in [-0.3, -0.25) is 0 Å². The number of hydrogen-bond acceptors (Lipinski definition) is 2. The number of rotatable bonds is 1. The van der Waals surface area contributed by atoms with Gasteiger partial charge in [0.2, 0.25) is 0 Å². The fourth-order valence-electron chi connectivity index (χ4n) is 2.11. The van der Waals surface area contributed by atoms with E-state index in [9.17, 15) is 13.2 Å². The Hall–Kier alpha value is -2.14. The molecule has 0 atom stereocenters. The van der Waals surface area contributed by atoms with Crippen LogP contribution in [-0.4, -0.2) is 0 Å². The molecule has 1 heterocycles. The Kier molecular flexibility index (Phi) is 3.10. The fraction of sp³-hybridized carbons (Fsp3) is 0.0667. The Morgan fingerprint density at radius 1 is 1.00 bits per heavy atom. The van der Waals surface area contributed by atoms with Gasteiger partial charge in [0, 0.05) is 21.7 Å². The minimum absolute atomic E-state index is 0.00924. The highest BCUT2D eigenvalue weighted by atomic mass is 35.5. The second-order valence-corrected chi connectivity index (χ2v) is 5.03. The van der Waals surface area contributed by atoms with E-state index in [0.29, 0.717) is 21.9 Å². The number of benzene rings is 2. The van der Waals surface area contributed by atoms with Crippen molar-refractivity contribution in [2.45, 2.75) is 6.18 Å². The van der Waals surface area contributed by atoms with Crippen LogP contribution in [0.5, 0.6) is 0 Å². The lowest BCUT2D eigenvalue weighted by molar-refractivity contribution is -0.137. The maximum Gasteiger partial charge on any atom is 0.416 e. The number of furan rings is 1. The predicted molar refractivity (Wildman–Crippen MR) is 76.1 cm³/mol. The van der Waals surface area contributed by atoms with E-state index in [4.69, 9.17) is 21.8 Å². The Bertz CT molecular complexity index is 823. The van der Waals surface area contributed by atoms with Crippen LogP contribution in [-0.2, 0) is 6.18 Å². The van der Waals surface area contributed by atoms with E-state index < -0.39 is 11.7 Å². The Morgan fingerprint density at radius 2 is 1.76 bits per heavy atom. The summed E-state index contributed by atoms with van der Waals surface area (Å²) in [5.74, 6) is 0.401.